The monoisotopic (exact) mass is 227 g/mol. The van der Waals surface area contributed by atoms with E-state index in [0.29, 0.717) is 0 Å². The number of hydrogen-bond acceptors (Lipinski definition) is 3. The Morgan fingerprint density at radius 3 is 2.67 bits per heavy atom. The number of thiophene rings is 1. The Morgan fingerprint density at radius 2 is 2.20 bits per heavy atom. The number of rotatable bonds is 6. The molecule has 86 valence electrons. The number of ether oxygens (including phenoxy) is 1. The van der Waals surface area contributed by atoms with Gasteiger partial charge in [-0.25, -0.2) is 0 Å². The molecule has 0 radical (unpaired) electrons. The van der Waals surface area contributed by atoms with Gasteiger partial charge in [-0.05, 0) is 37.3 Å². The number of aryl methyl sites for hydroxylation is 1. The Morgan fingerprint density at radius 1 is 1.47 bits per heavy atom. The zero-order valence-corrected chi connectivity index (χ0v) is 10.6. The largest absolute Gasteiger partial charge is 0.377 e. The zero-order valence-electron chi connectivity index (χ0n) is 9.82. The third-order valence-corrected chi connectivity index (χ3v) is 3.47. The van der Waals surface area contributed by atoms with Gasteiger partial charge in [-0.15, -0.1) is 11.3 Å². The van der Waals surface area contributed by atoms with Gasteiger partial charge in [0.25, 0.3) is 0 Å². The van der Waals surface area contributed by atoms with Crippen molar-refractivity contribution >= 4 is 11.3 Å². The van der Waals surface area contributed by atoms with E-state index in [0.717, 1.165) is 19.4 Å². The van der Waals surface area contributed by atoms with Crippen molar-refractivity contribution in [2.45, 2.75) is 45.8 Å². The van der Waals surface area contributed by atoms with E-state index >= 15 is 0 Å². The standard InChI is InChI=1S/C12H21NOS/c1-4-6-11(14-5-2)12(13)10-7-8-15-9(10)3/h7-8,11-12H,4-6,13H2,1-3H3. The topological polar surface area (TPSA) is 35.2 Å². The van der Waals surface area contributed by atoms with Crippen molar-refractivity contribution in [3.8, 4) is 0 Å². The molecule has 1 heterocycles. The van der Waals surface area contributed by atoms with E-state index in [1.54, 1.807) is 11.3 Å². The summed E-state index contributed by atoms with van der Waals surface area (Å²) in [6.45, 7) is 7.05. The molecular formula is C12H21NOS. The first kappa shape index (κ1) is 12.7. The maximum Gasteiger partial charge on any atom is 0.0767 e. The van der Waals surface area contributed by atoms with Crippen LogP contribution in [-0.4, -0.2) is 12.7 Å². The smallest absolute Gasteiger partial charge is 0.0767 e. The number of nitrogens with two attached hydrogens (primary N) is 1. The van der Waals surface area contributed by atoms with Gasteiger partial charge in [0, 0.05) is 11.5 Å². The van der Waals surface area contributed by atoms with Gasteiger partial charge >= 0.3 is 0 Å². The van der Waals surface area contributed by atoms with Gasteiger partial charge in [-0.2, -0.15) is 0 Å². The van der Waals surface area contributed by atoms with E-state index in [9.17, 15) is 0 Å². The molecule has 1 aromatic heterocycles. The molecule has 0 aliphatic carbocycles. The summed E-state index contributed by atoms with van der Waals surface area (Å²) in [6, 6.07) is 2.14. The molecule has 0 fully saturated rings. The summed E-state index contributed by atoms with van der Waals surface area (Å²) in [7, 11) is 0. The van der Waals surface area contributed by atoms with E-state index in [4.69, 9.17) is 10.5 Å². The summed E-state index contributed by atoms with van der Waals surface area (Å²) >= 11 is 1.75. The Balaban J connectivity index is 2.71. The van der Waals surface area contributed by atoms with Crippen molar-refractivity contribution in [1.82, 2.24) is 0 Å². The normalized spacial score (nSPS) is 15.2. The minimum Gasteiger partial charge on any atom is -0.377 e. The Hall–Kier alpha value is -0.380. The van der Waals surface area contributed by atoms with Gasteiger partial charge in [0.05, 0.1) is 12.1 Å². The lowest BCUT2D eigenvalue weighted by molar-refractivity contribution is 0.0374. The molecule has 0 bridgehead atoms. The molecule has 15 heavy (non-hydrogen) atoms. The highest BCUT2D eigenvalue weighted by Gasteiger charge is 2.20. The van der Waals surface area contributed by atoms with Gasteiger partial charge in [0.15, 0.2) is 0 Å². The summed E-state index contributed by atoms with van der Waals surface area (Å²) in [6.07, 6.45) is 2.31. The van der Waals surface area contributed by atoms with Gasteiger partial charge in [0.2, 0.25) is 0 Å². The Labute approximate surface area is 96.4 Å². The lowest BCUT2D eigenvalue weighted by Crippen LogP contribution is -2.29. The second-order valence-electron chi connectivity index (χ2n) is 3.74. The minimum absolute atomic E-state index is 0.0242. The molecule has 0 aliphatic heterocycles. The van der Waals surface area contributed by atoms with Crippen LogP contribution in [0.15, 0.2) is 11.4 Å². The molecule has 0 saturated heterocycles. The highest BCUT2D eigenvalue weighted by atomic mass is 32.1. The summed E-state index contributed by atoms with van der Waals surface area (Å²) in [5.74, 6) is 0. The molecule has 2 unspecified atom stereocenters. The summed E-state index contributed by atoms with van der Waals surface area (Å²) in [5.41, 5.74) is 7.48. The van der Waals surface area contributed by atoms with Crippen LogP contribution >= 0.6 is 11.3 Å². The second kappa shape index (κ2) is 6.26. The fraction of sp³-hybridized carbons (Fsp3) is 0.667. The van der Waals surface area contributed by atoms with Crippen molar-refractivity contribution in [3.05, 3.63) is 21.9 Å². The molecule has 0 saturated carbocycles. The quantitative estimate of drug-likeness (QED) is 0.809. The van der Waals surface area contributed by atoms with Crippen molar-refractivity contribution < 1.29 is 4.74 Å². The van der Waals surface area contributed by atoms with Crippen molar-refractivity contribution in [2.75, 3.05) is 6.61 Å². The van der Waals surface area contributed by atoms with E-state index < -0.39 is 0 Å². The van der Waals surface area contributed by atoms with E-state index in [1.807, 2.05) is 6.92 Å². The van der Waals surface area contributed by atoms with Gasteiger partial charge in [-0.3, -0.25) is 0 Å². The Kier molecular flexibility index (Phi) is 5.29. The van der Waals surface area contributed by atoms with Crippen LogP contribution in [0.1, 0.15) is 43.2 Å². The summed E-state index contributed by atoms with van der Waals surface area (Å²) < 4.78 is 5.70. The first-order chi connectivity index (χ1) is 7.20. The molecule has 0 aliphatic rings. The molecular weight excluding hydrogens is 206 g/mol. The molecule has 0 amide bonds. The van der Waals surface area contributed by atoms with E-state index in [2.05, 4.69) is 25.3 Å². The SMILES string of the molecule is CCCC(OCC)C(N)c1ccsc1C. The van der Waals surface area contributed by atoms with Crippen molar-refractivity contribution in [1.29, 1.82) is 0 Å². The second-order valence-corrected chi connectivity index (χ2v) is 4.86. The van der Waals surface area contributed by atoms with Crippen LogP contribution < -0.4 is 5.73 Å². The Bertz CT molecular complexity index is 279. The summed E-state index contributed by atoms with van der Waals surface area (Å²) in [5, 5.41) is 2.10. The minimum atomic E-state index is 0.0242. The van der Waals surface area contributed by atoms with Crippen LogP contribution in [-0.2, 0) is 4.74 Å². The predicted molar refractivity (Wildman–Crippen MR) is 66.3 cm³/mol. The number of hydrogen-bond donors (Lipinski definition) is 1. The molecule has 1 aromatic rings. The van der Waals surface area contributed by atoms with Crippen LogP contribution in [0, 0.1) is 6.92 Å². The van der Waals surface area contributed by atoms with Crippen molar-refractivity contribution in [2.24, 2.45) is 5.73 Å². The maximum absolute atomic E-state index is 6.24. The third kappa shape index (κ3) is 3.30. The first-order valence-electron chi connectivity index (χ1n) is 5.61. The molecule has 3 heteroatoms. The molecule has 2 nitrogen and oxygen atoms in total. The fourth-order valence-electron chi connectivity index (χ4n) is 1.81. The lowest BCUT2D eigenvalue weighted by atomic mass is 10.00. The first-order valence-corrected chi connectivity index (χ1v) is 6.49. The van der Waals surface area contributed by atoms with Crippen LogP contribution in [0.4, 0.5) is 0 Å². The van der Waals surface area contributed by atoms with Crippen LogP contribution in [0.2, 0.25) is 0 Å². The van der Waals surface area contributed by atoms with Gasteiger partial charge in [-0.1, -0.05) is 13.3 Å². The van der Waals surface area contributed by atoms with Crippen molar-refractivity contribution in [3.63, 3.8) is 0 Å². The zero-order chi connectivity index (χ0) is 11.3. The van der Waals surface area contributed by atoms with E-state index in [-0.39, 0.29) is 12.1 Å². The molecule has 2 N–H and O–H groups in total. The van der Waals surface area contributed by atoms with E-state index in [1.165, 1.54) is 10.4 Å². The molecule has 0 spiro atoms. The van der Waals surface area contributed by atoms with Gasteiger partial charge in [0.1, 0.15) is 0 Å². The average molecular weight is 227 g/mol. The highest BCUT2D eigenvalue weighted by Crippen LogP contribution is 2.26. The lowest BCUT2D eigenvalue weighted by Gasteiger charge is -2.23. The third-order valence-electron chi connectivity index (χ3n) is 2.61. The van der Waals surface area contributed by atoms with Crippen LogP contribution in [0.3, 0.4) is 0 Å². The molecule has 2 atom stereocenters. The summed E-state index contributed by atoms with van der Waals surface area (Å²) in [4.78, 5) is 1.31. The molecule has 1 rings (SSSR count). The maximum atomic E-state index is 6.24. The highest BCUT2D eigenvalue weighted by molar-refractivity contribution is 7.10. The average Bonchev–Trinajstić information content (AvgIpc) is 2.63. The fourth-order valence-corrected chi connectivity index (χ4v) is 2.57. The van der Waals surface area contributed by atoms with Crippen LogP contribution in [0.5, 0.6) is 0 Å². The van der Waals surface area contributed by atoms with Gasteiger partial charge < -0.3 is 10.5 Å². The van der Waals surface area contributed by atoms with Crippen LogP contribution in [0.25, 0.3) is 0 Å². The molecule has 0 aromatic carbocycles. The predicted octanol–water partition coefficient (Wildman–Crippen LogP) is 3.26.